The van der Waals surface area contributed by atoms with Crippen molar-refractivity contribution < 1.29 is 0 Å². The number of H-pyrrole nitrogens is 1. The molecule has 0 radical (unpaired) electrons. The Morgan fingerprint density at radius 3 is 2.62 bits per heavy atom. The highest BCUT2D eigenvalue weighted by molar-refractivity contribution is 5.81. The molecule has 0 spiro atoms. The average molecular weight is 325 g/mol. The van der Waals surface area contributed by atoms with Crippen LogP contribution in [0.3, 0.4) is 0 Å². The number of nitrogens with zero attached hydrogens (tertiary/aromatic N) is 2. The molecule has 0 atom stereocenters. The maximum atomic E-state index is 12.4. The number of nitrogens with one attached hydrogen (secondary N) is 1. The smallest absolute Gasteiger partial charge is 0.252 e. The van der Waals surface area contributed by atoms with Crippen molar-refractivity contribution in [2.45, 2.75) is 45.2 Å². The molecule has 0 unspecified atom stereocenters. The van der Waals surface area contributed by atoms with Gasteiger partial charge in [0.2, 0.25) is 0 Å². The topological polar surface area (TPSA) is 39.3 Å². The maximum absolute atomic E-state index is 12.4. The molecule has 3 heterocycles. The van der Waals surface area contributed by atoms with Gasteiger partial charge in [0, 0.05) is 18.2 Å². The fraction of sp³-hybridized carbons (Fsp3) is 0.550. The molecule has 4 heteroatoms. The zero-order valence-electron chi connectivity index (χ0n) is 14.6. The summed E-state index contributed by atoms with van der Waals surface area (Å²) in [6.07, 6.45) is 5.22. The summed E-state index contributed by atoms with van der Waals surface area (Å²) >= 11 is 0. The third kappa shape index (κ3) is 3.13. The lowest BCUT2D eigenvalue weighted by atomic mass is 10.0. The molecule has 4 rings (SSSR count). The highest BCUT2D eigenvalue weighted by Crippen LogP contribution is 2.22. The van der Waals surface area contributed by atoms with E-state index >= 15 is 0 Å². The second kappa shape index (κ2) is 6.69. The Bertz CT molecular complexity index is 768. The van der Waals surface area contributed by atoms with E-state index in [0.717, 1.165) is 47.7 Å². The number of piperidine rings is 1. The SMILES string of the molecule is Cc1cccc2cc(CN3CCC(N4CCCC4)CC3)c(=O)[nH]c12. The van der Waals surface area contributed by atoms with Gasteiger partial charge in [-0.25, -0.2) is 0 Å². The average Bonchev–Trinajstić information content (AvgIpc) is 3.12. The third-order valence-electron chi connectivity index (χ3n) is 5.77. The monoisotopic (exact) mass is 325 g/mol. The number of benzene rings is 1. The van der Waals surface area contributed by atoms with E-state index in [0.29, 0.717) is 0 Å². The Balaban J connectivity index is 1.45. The van der Waals surface area contributed by atoms with Gasteiger partial charge in [0.25, 0.3) is 5.56 Å². The molecular weight excluding hydrogens is 298 g/mol. The Kier molecular flexibility index (Phi) is 4.42. The number of hydrogen-bond donors (Lipinski definition) is 1. The Hall–Kier alpha value is -1.65. The fourth-order valence-electron chi connectivity index (χ4n) is 4.34. The van der Waals surface area contributed by atoms with E-state index in [4.69, 9.17) is 0 Å². The first-order valence-corrected chi connectivity index (χ1v) is 9.28. The molecule has 2 aromatic rings. The van der Waals surface area contributed by atoms with Gasteiger partial charge in [-0.1, -0.05) is 18.2 Å². The summed E-state index contributed by atoms with van der Waals surface area (Å²) in [6, 6.07) is 9.03. The van der Waals surface area contributed by atoms with Crippen LogP contribution in [0, 0.1) is 6.92 Å². The molecule has 0 bridgehead atoms. The molecule has 1 aromatic carbocycles. The molecule has 2 fully saturated rings. The van der Waals surface area contributed by atoms with Crippen LogP contribution in [-0.4, -0.2) is 47.0 Å². The van der Waals surface area contributed by atoms with Crippen molar-refractivity contribution in [3.8, 4) is 0 Å². The molecule has 0 saturated carbocycles. The standard InChI is InChI=1S/C20H27N3O/c1-15-5-4-6-16-13-17(20(24)21-19(15)16)14-22-11-7-18(8-12-22)23-9-2-3-10-23/h4-6,13,18H,2-3,7-12,14H2,1H3,(H,21,24). The molecule has 2 saturated heterocycles. The number of likely N-dealkylation sites (tertiary alicyclic amines) is 2. The van der Waals surface area contributed by atoms with Gasteiger partial charge in [-0.3, -0.25) is 9.69 Å². The van der Waals surface area contributed by atoms with Crippen molar-refractivity contribution in [3.05, 3.63) is 45.7 Å². The van der Waals surface area contributed by atoms with E-state index < -0.39 is 0 Å². The lowest BCUT2D eigenvalue weighted by Crippen LogP contribution is -2.43. The first-order chi connectivity index (χ1) is 11.7. The minimum absolute atomic E-state index is 0.0680. The molecule has 1 N–H and O–H groups in total. The number of pyridine rings is 1. The zero-order valence-corrected chi connectivity index (χ0v) is 14.6. The number of hydrogen-bond acceptors (Lipinski definition) is 3. The van der Waals surface area contributed by atoms with E-state index in [2.05, 4.69) is 33.0 Å². The summed E-state index contributed by atoms with van der Waals surface area (Å²) in [5, 5.41) is 1.14. The summed E-state index contributed by atoms with van der Waals surface area (Å²) in [7, 11) is 0. The predicted molar refractivity (Wildman–Crippen MR) is 98.4 cm³/mol. The van der Waals surface area contributed by atoms with Crippen molar-refractivity contribution in [3.63, 3.8) is 0 Å². The van der Waals surface area contributed by atoms with Gasteiger partial charge in [-0.05, 0) is 75.8 Å². The third-order valence-corrected chi connectivity index (χ3v) is 5.77. The molecular formula is C20H27N3O. The summed E-state index contributed by atoms with van der Waals surface area (Å²) in [5.74, 6) is 0. The van der Waals surface area contributed by atoms with Crippen molar-refractivity contribution >= 4 is 10.9 Å². The Labute approximate surface area is 143 Å². The van der Waals surface area contributed by atoms with Crippen LogP contribution in [0.15, 0.2) is 29.1 Å². The fourth-order valence-corrected chi connectivity index (χ4v) is 4.34. The van der Waals surface area contributed by atoms with Gasteiger partial charge in [0.05, 0.1) is 5.52 Å². The van der Waals surface area contributed by atoms with Crippen LogP contribution in [0.5, 0.6) is 0 Å². The van der Waals surface area contributed by atoms with Gasteiger partial charge in [-0.2, -0.15) is 0 Å². The lowest BCUT2D eigenvalue weighted by Gasteiger charge is -2.36. The number of aromatic nitrogens is 1. The number of rotatable bonds is 3. The van der Waals surface area contributed by atoms with Gasteiger partial charge in [-0.15, -0.1) is 0 Å². The van der Waals surface area contributed by atoms with Crippen molar-refractivity contribution in [1.82, 2.24) is 14.8 Å². The summed E-state index contributed by atoms with van der Waals surface area (Å²) in [5.41, 5.74) is 3.06. The molecule has 1 aromatic heterocycles. The number of aryl methyl sites for hydroxylation is 1. The van der Waals surface area contributed by atoms with Crippen LogP contribution in [-0.2, 0) is 6.54 Å². The minimum Gasteiger partial charge on any atom is -0.321 e. The second-order valence-corrected chi connectivity index (χ2v) is 7.41. The van der Waals surface area contributed by atoms with Gasteiger partial charge >= 0.3 is 0 Å². The quantitative estimate of drug-likeness (QED) is 0.943. The van der Waals surface area contributed by atoms with Crippen LogP contribution < -0.4 is 5.56 Å². The highest BCUT2D eigenvalue weighted by Gasteiger charge is 2.26. The van der Waals surface area contributed by atoms with Gasteiger partial charge in [0.15, 0.2) is 0 Å². The summed E-state index contributed by atoms with van der Waals surface area (Å²) in [4.78, 5) is 20.6. The van der Waals surface area contributed by atoms with Crippen molar-refractivity contribution in [2.75, 3.05) is 26.2 Å². The maximum Gasteiger partial charge on any atom is 0.252 e. The molecule has 2 aliphatic rings. The number of para-hydroxylation sites is 1. The molecule has 24 heavy (non-hydrogen) atoms. The van der Waals surface area contributed by atoms with Crippen LogP contribution in [0.4, 0.5) is 0 Å². The number of fused-ring (bicyclic) bond motifs is 1. The van der Waals surface area contributed by atoms with E-state index in [1.807, 2.05) is 13.0 Å². The number of aromatic amines is 1. The zero-order chi connectivity index (χ0) is 16.5. The Morgan fingerprint density at radius 2 is 1.88 bits per heavy atom. The first kappa shape index (κ1) is 15.9. The van der Waals surface area contributed by atoms with Crippen LogP contribution in [0.25, 0.3) is 10.9 Å². The van der Waals surface area contributed by atoms with Crippen LogP contribution >= 0.6 is 0 Å². The molecule has 128 valence electrons. The van der Waals surface area contributed by atoms with Crippen molar-refractivity contribution in [1.29, 1.82) is 0 Å². The molecule has 4 nitrogen and oxygen atoms in total. The van der Waals surface area contributed by atoms with Gasteiger partial charge < -0.3 is 9.88 Å². The predicted octanol–water partition coefficient (Wildman–Crippen LogP) is 2.90. The largest absolute Gasteiger partial charge is 0.321 e. The Morgan fingerprint density at radius 1 is 1.12 bits per heavy atom. The molecule has 0 aliphatic carbocycles. The lowest BCUT2D eigenvalue weighted by molar-refractivity contribution is 0.122. The normalized spacial score (nSPS) is 20.9. The molecule has 2 aliphatic heterocycles. The molecule has 0 amide bonds. The minimum atomic E-state index is 0.0680. The van der Waals surface area contributed by atoms with Crippen LogP contribution in [0.1, 0.15) is 36.8 Å². The summed E-state index contributed by atoms with van der Waals surface area (Å²) in [6.45, 7) is 7.59. The first-order valence-electron chi connectivity index (χ1n) is 9.28. The van der Waals surface area contributed by atoms with E-state index in [9.17, 15) is 4.79 Å². The summed E-state index contributed by atoms with van der Waals surface area (Å²) < 4.78 is 0. The van der Waals surface area contributed by atoms with Crippen molar-refractivity contribution in [2.24, 2.45) is 0 Å². The van der Waals surface area contributed by atoms with Crippen LogP contribution in [0.2, 0.25) is 0 Å². The van der Waals surface area contributed by atoms with Gasteiger partial charge in [0.1, 0.15) is 0 Å². The highest BCUT2D eigenvalue weighted by atomic mass is 16.1. The van der Waals surface area contributed by atoms with E-state index in [1.165, 1.54) is 38.8 Å². The second-order valence-electron chi connectivity index (χ2n) is 7.41. The van der Waals surface area contributed by atoms with E-state index in [-0.39, 0.29) is 5.56 Å². The van der Waals surface area contributed by atoms with E-state index in [1.54, 1.807) is 0 Å².